The van der Waals surface area contributed by atoms with E-state index in [9.17, 15) is 9.59 Å². The van der Waals surface area contributed by atoms with Gasteiger partial charge in [-0.05, 0) is 19.3 Å². The number of methoxy groups -OCH3 is 1. The molecule has 0 radical (unpaired) electrons. The third-order valence-electron chi connectivity index (χ3n) is 3.90. The lowest BCUT2D eigenvalue weighted by atomic mass is 10.1. The van der Waals surface area contributed by atoms with Gasteiger partial charge in [-0.15, -0.1) is 0 Å². The van der Waals surface area contributed by atoms with Crippen LogP contribution >= 0.6 is 0 Å². The standard InChI is InChI=1S/C17H36N4O3.ClH/c1-3-4-5-6-7-8-9-12-15(22)21-14(16(23)24-2)11-10-13-20-17(18)19;/h14,17,20H,3-13,18-19H2,1-2H3,(H,21,22);1H. The summed E-state index contributed by atoms with van der Waals surface area (Å²) in [5, 5.41) is 5.75. The molecule has 8 heteroatoms. The Bertz CT molecular complexity index is 344. The van der Waals surface area contributed by atoms with E-state index in [-0.39, 0.29) is 24.6 Å². The molecule has 0 fully saturated rings. The molecule has 0 aromatic heterocycles. The van der Waals surface area contributed by atoms with Crippen LogP contribution in [0.5, 0.6) is 0 Å². The van der Waals surface area contributed by atoms with E-state index in [2.05, 4.69) is 23.3 Å². The number of ether oxygens (including phenoxy) is 1. The lowest BCUT2D eigenvalue weighted by molar-refractivity contribution is -0.427. The number of hydrogen-bond acceptors (Lipinski definition) is 5. The Kier molecular flexibility index (Phi) is 18.9. The molecular weight excluding hydrogens is 344 g/mol. The van der Waals surface area contributed by atoms with Gasteiger partial charge in [0.2, 0.25) is 5.91 Å². The molecule has 0 heterocycles. The van der Waals surface area contributed by atoms with E-state index >= 15 is 0 Å². The number of nitrogens with two attached hydrogens (primary N) is 1. The Balaban J connectivity index is 0. The summed E-state index contributed by atoms with van der Waals surface area (Å²) >= 11 is 0. The number of unbranched alkanes of at least 4 members (excludes halogenated alkanes) is 6. The van der Waals surface area contributed by atoms with Gasteiger partial charge in [0.25, 0.3) is 0 Å². The molecule has 0 spiro atoms. The fraction of sp³-hybridized carbons (Fsp3) is 0.882. The highest BCUT2D eigenvalue weighted by Gasteiger charge is 2.20. The zero-order valence-corrected chi connectivity index (χ0v) is 16.6. The van der Waals surface area contributed by atoms with Crippen LogP contribution in [0.4, 0.5) is 0 Å². The molecule has 0 aliphatic rings. The van der Waals surface area contributed by atoms with E-state index in [0.29, 0.717) is 25.8 Å². The Morgan fingerprint density at radius 3 is 2.24 bits per heavy atom. The third kappa shape index (κ3) is 16.3. The number of carbonyl (C=O) groups is 2. The molecule has 0 aromatic rings. The van der Waals surface area contributed by atoms with Crippen molar-refractivity contribution in [2.45, 2.75) is 83.5 Å². The largest absolute Gasteiger partial charge is 1.00 e. The first-order chi connectivity index (χ1) is 11.5. The second-order valence-electron chi connectivity index (χ2n) is 6.22. The Morgan fingerprint density at radius 1 is 1.08 bits per heavy atom. The van der Waals surface area contributed by atoms with Gasteiger partial charge < -0.3 is 28.2 Å². The van der Waals surface area contributed by atoms with Crippen molar-refractivity contribution in [1.29, 1.82) is 0 Å². The average Bonchev–Trinajstić information content (AvgIpc) is 2.55. The van der Waals surface area contributed by atoms with Crippen LogP contribution in [0.3, 0.4) is 0 Å². The lowest BCUT2D eigenvalue weighted by Gasteiger charge is -2.16. The molecule has 7 nitrogen and oxygen atoms in total. The molecule has 1 amide bonds. The molecule has 25 heavy (non-hydrogen) atoms. The minimum Gasteiger partial charge on any atom is -1.00 e. The van der Waals surface area contributed by atoms with Gasteiger partial charge >= 0.3 is 5.97 Å². The number of rotatable bonds is 15. The van der Waals surface area contributed by atoms with Crippen LogP contribution in [0.25, 0.3) is 0 Å². The van der Waals surface area contributed by atoms with E-state index in [1.54, 1.807) is 0 Å². The van der Waals surface area contributed by atoms with Crippen molar-refractivity contribution in [1.82, 2.24) is 10.6 Å². The van der Waals surface area contributed by atoms with E-state index in [1.807, 2.05) is 0 Å². The summed E-state index contributed by atoms with van der Waals surface area (Å²) in [5.74, 6) is -0.484. The van der Waals surface area contributed by atoms with Crippen LogP contribution in [0, 0.1) is 0 Å². The van der Waals surface area contributed by atoms with Crippen molar-refractivity contribution in [3.63, 3.8) is 0 Å². The van der Waals surface area contributed by atoms with Gasteiger partial charge in [0, 0.05) is 13.0 Å². The maximum Gasteiger partial charge on any atom is 0.328 e. The van der Waals surface area contributed by atoms with Gasteiger partial charge in [0.1, 0.15) is 6.04 Å². The minimum atomic E-state index is -0.588. The number of quaternary nitrogens is 1. The van der Waals surface area contributed by atoms with Crippen LogP contribution in [0.1, 0.15) is 71.1 Å². The van der Waals surface area contributed by atoms with Gasteiger partial charge in [-0.3, -0.25) is 15.8 Å². The smallest absolute Gasteiger partial charge is 0.328 e. The fourth-order valence-electron chi connectivity index (χ4n) is 2.49. The maximum absolute atomic E-state index is 12.0. The van der Waals surface area contributed by atoms with Gasteiger partial charge in [-0.1, -0.05) is 45.4 Å². The monoisotopic (exact) mass is 380 g/mol. The maximum atomic E-state index is 12.0. The topological polar surface area (TPSA) is 121 Å². The lowest BCUT2D eigenvalue weighted by Crippen LogP contribution is -3.00. The second kappa shape index (κ2) is 17.9. The van der Waals surface area contributed by atoms with Crippen molar-refractivity contribution < 1.29 is 32.5 Å². The van der Waals surface area contributed by atoms with Gasteiger partial charge in [0.05, 0.1) is 7.11 Å². The average molecular weight is 381 g/mol. The number of nitrogens with one attached hydrogen (secondary N) is 2. The third-order valence-corrected chi connectivity index (χ3v) is 3.90. The molecule has 0 bridgehead atoms. The summed E-state index contributed by atoms with van der Waals surface area (Å²) in [6.07, 6.45) is 9.51. The Labute approximate surface area is 158 Å². The summed E-state index contributed by atoms with van der Waals surface area (Å²) in [7, 11) is 1.34. The zero-order valence-electron chi connectivity index (χ0n) is 15.8. The predicted octanol–water partition coefficient (Wildman–Crippen LogP) is -2.36. The highest BCUT2D eigenvalue weighted by Crippen LogP contribution is 2.09. The van der Waals surface area contributed by atoms with Crippen molar-refractivity contribution in [3.05, 3.63) is 0 Å². The summed E-state index contributed by atoms with van der Waals surface area (Å²) < 4.78 is 4.76. The molecule has 2 unspecified atom stereocenters. The highest BCUT2D eigenvalue weighted by molar-refractivity contribution is 5.84. The van der Waals surface area contributed by atoms with E-state index in [4.69, 9.17) is 10.5 Å². The number of esters is 1. The summed E-state index contributed by atoms with van der Waals surface area (Å²) in [5.41, 5.74) is 9.12. The molecule has 0 saturated heterocycles. The molecule has 0 aromatic carbocycles. The fourth-order valence-corrected chi connectivity index (χ4v) is 2.49. The zero-order chi connectivity index (χ0) is 18.2. The van der Waals surface area contributed by atoms with Gasteiger partial charge in [-0.25, -0.2) is 4.79 Å². The van der Waals surface area contributed by atoms with Crippen molar-refractivity contribution in [2.24, 2.45) is 5.73 Å². The SMILES string of the molecule is CCCCCCCCCC(=O)NC(CCCNC(N)[NH3+])C(=O)OC.[Cl-]. The Hall–Kier alpha value is -0.890. The van der Waals surface area contributed by atoms with Crippen molar-refractivity contribution >= 4 is 11.9 Å². The molecule has 0 aliphatic carbocycles. The van der Waals surface area contributed by atoms with Crippen molar-refractivity contribution in [3.8, 4) is 0 Å². The van der Waals surface area contributed by atoms with Crippen LogP contribution in [-0.4, -0.2) is 37.9 Å². The van der Waals surface area contributed by atoms with Crippen molar-refractivity contribution in [2.75, 3.05) is 13.7 Å². The first kappa shape index (κ1) is 26.3. The van der Waals surface area contributed by atoms with Crippen LogP contribution in [-0.2, 0) is 14.3 Å². The Morgan fingerprint density at radius 2 is 1.68 bits per heavy atom. The first-order valence-corrected chi connectivity index (χ1v) is 9.20. The highest BCUT2D eigenvalue weighted by atomic mass is 35.5. The molecule has 0 saturated carbocycles. The van der Waals surface area contributed by atoms with Crippen LogP contribution in [0.2, 0.25) is 0 Å². The van der Waals surface area contributed by atoms with E-state index in [0.717, 1.165) is 12.8 Å². The minimum absolute atomic E-state index is 0. The molecule has 150 valence electrons. The summed E-state index contributed by atoms with van der Waals surface area (Å²) in [6, 6.07) is -0.588. The molecule has 0 rings (SSSR count). The molecular formula is C17H37ClN4O3. The number of carbonyl (C=O) groups excluding carboxylic acids is 2. The first-order valence-electron chi connectivity index (χ1n) is 9.20. The number of hydrogen-bond donors (Lipinski definition) is 4. The molecule has 2 atom stereocenters. The van der Waals surface area contributed by atoms with Crippen LogP contribution < -0.4 is 34.5 Å². The summed E-state index contributed by atoms with van der Waals surface area (Å²) in [4.78, 5) is 23.7. The molecule has 0 aliphatic heterocycles. The number of amides is 1. The number of halogens is 1. The van der Waals surface area contributed by atoms with E-state index in [1.165, 1.54) is 39.2 Å². The summed E-state index contributed by atoms with van der Waals surface area (Å²) in [6.45, 7) is 2.84. The van der Waals surface area contributed by atoms with Gasteiger partial charge in [-0.2, -0.15) is 0 Å². The molecule has 7 N–H and O–H groups in total. The van der Waals surface area contributed by atoms with E-state index < -0.39 is 12.0 Å². The normalized spacial score (nSPS) is 12.8. The van der Waals surface area contributed by atoms with Crippen LogP contribution in [0.15, 0.2) is 0 Å². The predicted molar refractivity (Wildman–Crippen MR) is 94.7 cm³/mol. The quantitative estimate of drug-likeness (QED) is 0.144. The second-order valence-corrected chi connectivity index (χ2v) is 6.22. The van der Waals surface area contributed by atoms with Gasteiger partial charge in [0.15, 0.2) is 6.29 Å².